The van der Waals surface area contributed by atoms with E-state index in [4.69, 9.17) is 5.73 Å². The minimum absolute atomic E-state index is 0.360. The predicted molar refractivity (Wildman–Crippen MR) is 65.3 cm³/mol. The smallest absolute Gasteiger partial charge is 0.337 e. The Bertz CT molecular complexity index is 414. The number of methoxy groups -OCH3 is 1. The minimum atomic E-state index is -0.376. The Balaban J connectivity index is 2.87. The molecule has 0 heterocycles. The van der Waals surface area contributed by atoms with Crippen molar-refractivity contribution in [3.8, 4) is 0 Å². The molecule has 6 nitrogen and oxygen atoms in total. The van der Waals surface area contributed by atoms with Crippen molar-refractivity contribution in [1.29, 1.82) is 0 Å². The lowest BCUT2D eigenvalue weighted by atomic mass is 10.1. The van der Waals surface area contributed by atoms with E-state index in [1.54, 1.807) is 38.4 Å². The molecule has 0 spiro atoms. The Hall–Kier alpha value is -2.08. The highest BCUT2D eigenvalue weighted by Gasteiger charge is 2.06. The summed E-state index contributed by atoms with van der Waals surface area (Å²) in [7, 11) is 4.81. The van der Waals surface area contributed by atoms with Crippen LogP contribution in [0.3, 0.4) is 0 Å². The van der Waals surface area contributed by atoms with Crippen LogP contribution in [-0.4, -0.2) is 38.1 Å². The van der Waals surface area contributed by atoms with Crippen LogP contribution in [0.1, 0.15) is 15.9 Å². The lowest BCUT2D eigenvalue weighted by Gasteiger charge is -2.11. The van der Waals surface area contributed by atoms with Crippen LogP contribution in [0.15, 0.2) is 29.4 Å². The van der Waals surface area contributed by atoms with E-state index >= 15 is 0 Å². The average molecular weight is 236 g/mol. The number of esters is 1. The summed E-state index contributed by atoms with van der Waals surface area (Å²) in [4.78, 5) is 11.2. The molecule has 0 atom stereocenters. The molecule has 0 amide bonds. The molecule has 0 aliphatic carbocycles. The summed E-state index contributed by atoms with van der Waals surface area (Å²) < 4.78 is 4.60. The van der Waals surface area contributed by atoms with Gasteiger partial charge in [0.25, 0.3) is 0 Å². The highest BCUT2D eigenvalue weighted by molar-refractivity contribution is 5.98. The van der Waals surface area contributed by atoms with Gasteiger partial charge in [-0.05, 0) is 12.1 Å². The fourth-order valence-corrected chi connectivity index (χ4v) is 1.16. The van der Waals surface area contributed by atoms with Crippen LogP contribution in [0.5, 0.6) is 0 Å². The van der Waals surface area contributed by atoms with Crippen molar-refractivity contribution in [3.63, 3.8) is 0 Å². The highest BCUT2D eigenvalue weighted by atomic mass is 16.5. The molecule has 0 fully saturated rings. The molecular formula is C11H16N4O2. The van der Waals surface area contributed by atoms with Crippen molar-refractivity contribution >= 4 is 11.8 Å². The van der Waals surface area contributed by atoms with Crippen molar-refractivity contribution < 1.29 is 9.53 Å². The van der Waals surface area contributed by atoms with Gasteiger partial charge in [-0.15, -0.1) is 5.10 Å². The second-order valence-electron chi connectivity index (χ2n) is 3.30. The minimum Gasteiger partial charge on any atom is -0.465 e. The summed E-state index contributed by atoms with van der Waals surface area (Å²) in [5.74, 6) is -0.0160. The van der Waals surface area contributed by atoms with Crippen LogP contribution in [-0.2, 0) is 4.74 Å². The van der Waals surface area contributed by atoms with Gasteiger partial charge in [-0.2, -0.15) is 0 Å². The van der Waals surface area contributed by atoms with Gasteiger partial charge in [-0.3, -0.25) is 0 Å². The van der Waals surface area contributed by atoms with Crippen molar-refractivity contribution in [2.45, 2.75) is 0 Å². The van der Waals surface area contributed by atoms with Gasteiger partial charge in [0, 0.05) is 19.7 Å². The molecule has 0 aliphatic heterocycles. The monoisotopic (exact) mass is 236 g/mol. The number of nitrogens with one attached hydrogen (secondary N) is 1. The van der Waals surface area contributed by atoms with Gasteiger partial charge in [0.05, 0.1) is 12.7 Å². The first-order chi connectivity index (χ1) is 8.08. The quantitative estimate of drug-likeness (QED) is 0.337. The molecule has 1 rings (SSSR count). The van der Waals surface area contributed by atoms with Gasteiger partial charge in [0.15, 0.2) is 5.84 Å². The number of hydrazone groups is 1. The van der Waals surface area contributed by atoms with E-state index in [1.807, 2.05) is 0 Å². The number of carbonyl (C=O) groups excluding carboxylic acids is 1. The summed E-state index contributed by atoms with van der Waals surface area (Å²) in [6.07, 6.45) is 0. The first-order valence-electron chi connectivity index (χ1n) is 5.02. The van der Waals surface area contributed by atoms with Crippen LogP contribution in [0.25, 0.3) is 0 Å². The molecule has 92 valence electrons. The van der Waals surface area contributed by atoms with E-state index < -0.39 is 0 Å². The molecule has 17 heavy (non-hydrogen) atoms. The standard InChI is InChI=1S/C11H16N4O2/c1-13-15(2)14-10(12)8-4-6-9(7-5-8)11(16)17-3/h4-7,13H,1-3H3,(H2,12,14). The fraction of sp³-hybridized carbons (Fsp3) is 0.273. The van der Waals surface area contributed by atoms with Crippen LogP contribution in [0.4, 0.5) is 0 Å². The number of carbonyl (C=O) groups is 1. The van der Waals surface area contributed by atoms with E-state index in [2.05, 4.69) is 15.3 Å². The molecule has 0 aliphatic rings. The number of rotatable bonds is 4. The topological polar surface area (TPSA) is 80.0 Å². The normalized spacial score (nSPS) is 11.1. The Kier molecular flexibility index (Phi) is 4.47. The third kappa shape index (κ3) is 3.46. The molecular weight excluding hydrogens is 220 g/mol. The van der Waals surface area contributed by atoms with Gasteiger partial charge in [-0.25, -0.2) is 15.3 Å². The summed E-state index contributed by atoms with van der Waals surface area (Å²) in [5, 5.41) is 5.55. The van der Waals surface area contributed by atoms with Gasteiger partial charge in [0.1, 0.15) is 0 Å². The van der Waals surface area contributed by atoms with Crippen molar-refractivity contribution in [1.82, 2.24) is 10.5 Å². The maximum absolute atomic E-state index is 11.2. The second-order valence-corrected chi connectivity index (χ2v) is 3.30. The molecule has 3 N–H and O–H groups in total. The maximum Gasteiger partial charge on any atom is 0.337 e. The Labute approximate surface area is 100 Å². The molecule has 1 aromatic rings. The maximum atomic E-state index is 11.2. The van der Waals surface area contributed by atoms with Crippen LogP contribution in [0, 0.1) is 0 Å². The zero-order chi connectivity index (χ0) is 12.8. The number of ether oxygens (including phenoxy) is 1. The number of amidine groups is 1. The summed E-state index contributed by atoms with van der Waals surface area (Å²) in [6.45, 7) is 0. The van der Waals surface area contributed by atoms with Crippen LogP contribution < -0.4 is 11.2 Å². The Morgan fingerprint density at radius 2 is 1.88 bits per heavy atom. The zero-order valence-electron chi connectivity index (χ0n) is 10.1. The van der Waals surface area contributed by atoms with E-state index in [-0.39, 0.29) is 5.97 Å². The Morgan fingerprint density at radius 1 is 1.35 bits per heavy atom. The van der Waals surface area contributed by atoms with Crippen molar-refractivity contribution in [2.24, 2.45) is 10.8 Å². The molecule has 0 bridgehead atoms. The second kappa shape index (κ2) is 5.86. The summed E-state index contributed by atoms with van der Waals surface area (Å²) in [6, 6.07) is 6.72. The zero-order valence-corrected chi connectivity index (χ0v) is 10.1. The van der Waals surface area contributed by atoms with Crippen molar-refractivity contribution in [3.05, 3.63) is 35.4 Å². The van der Waals surface area contributed by atoms with Gasteiger partial charge in [-0.1, -0.05) is 12.1 Å². The number of nitrogens with zero attached hydrogens (tertiary/aromatic N) is 2. The predicted octanol–water partition coefficient (Wildman–Crippen LogP) is 0.160. The van der Waals surface area contributed by atoms with Crippen molar-refractivity contribution in [2.75, 3.05) is 21.2 Å². The first kappa shape index (κ1) is 13.0. The largest absolute Gasteiger partial charge is 0.465 e. The number of hydrogen-bond acceptors (Lipinski definition) is 5. The fourth-order valence-electron chi connectivity index (χ4n) is 1.16. The number of benzene rings is 1. The number of hydrogen-bond donors (Lipinski definition) is 2. The molecule has 1 aromatic carbocycles. The molecule has 0 saturated carbocycles. The molecule has 0 saturated heterocycles. The summed E-state index contributed by atoms with van der Waals surface area (Å²) >= 11 is 0. The third-order valence-corrected chi connectivity index (χ3v) is 2.18. The van der Waals surface area contributed by atoms with Gasteiger partial charge in [0.2, 0.25) is 0 Å². The lowest BCUT2D eigenvalue weighted by molar-refractivity contribution is 0.0600. The van der Waals surface area contributed by atoms with E-state index in [9.17, 15) is 4.79 Å². The first-order valence-corrected chi connectivity index (χ1v) is 5.02. The van der Waals surface area contributed by atoms with Gasteiger partial charge >= 0.3 is 5.97 Å². The van der Waals surface area contributed by atoms with E-state index in [0.29, 0.717) is 11.4 Å². The molecule has 6 heteroatoms. The lowest BCUT2D eigenvalue weighted by Crippen LogP contribution is -2.29. The third-order valence-electron chi connectivity index (χ3n) is 2.18. The average Bonchev–Trinajstić information content (AvgIpc) is 2.37. The van der Waals surface area contributed by atoms with Gasteiger partial charge < -0.3 is 10.5 Å². The SMILES string of the molecule is CNN(C)/N=C(\N)c1ccc(C(=O)OC)cc1. The summed E-state index contributed by atoms with van der Waals surface area (Å²) in [5.41, 5.74) is 9.79. The van der Waals surface area contributed by atoms with Crippen LogP contribution >= 0.6 is 0 Å². The Morgan fingerprint density at radius 3 is 2.35 bits per heavy atom. The highest BCUT2D eigenvalue weighted by Crippen LogP contribution is 2.05. The number of hydrazine groups is 1. The molecule has 0 radical (unpaired) electrons. The number of nitrogens with two attached hydrogens (primary N) is 1. The van der Waals surface area contributed by atoms with E-state index in [0.717, 1.165) is 5.56 Å². The van der Waals surface area contributed by atoms with E-state index in [1.165, 1.54) is 12.2 Å². The molecule has 0 aromatic heterocycles. The molecule has 0 unspecified atom stereocenters. The van der Waals surface area contributed by atoms with Crippen LogP contribution in [0.2, 0.25) is 0 Å².